The molecule has 0 spiro atoms. The van der Waals surface area contributed by atoms with Gasteiger partial charge < -0.3 is 194 Å². The molecule has 604 valence electrons. The zero-order valence-corrected chi connectivity index (χ0v) is 59.7. The van der Waals surface area contributed by atoms with Crippen LogP contribution >= 0.6 is 35.3 Å². The number of nitrogens with two attached hydrogens (primary N) is 3. The summed E-state index contributed by atoms with van der Waals surface area (Å²) in [4.78, 5) is 14.8. The van der Waals surface area contributed by atoms with E-state index in [-0.39, 0.29) is 33.0 Å². The second kappa shape index (κ2) is 51.2. The molecule has 0 aromatic rings. The van der Waals surface area contributed by atoms with Crippen LogP contribution in [0.2, 0.25) is 0 Å². The second-order valence-corrected chi connectivity index (χ2v) is 27.1. The van der Waals surface area contributed by atoms with Crippen molar-refractivity contribution in [3.05, 3.63) is 0 Å². The van der Waals surface area contributed by atoms with Crippen LogP contribution in [0, 0.1) is 11.8 Å². The van der Waals surface area contributed by atoms with E-state index in [9.17, 15) is 107 Å². The summed E-state index contributed by atoms with van der Waals surface area (Å²) in [6.07, 6.45) is -33.9. The third-order valence-electron chi connectivity index (χ3n) is 16.4. The number of thioether (sulfide) groups is 3. The average Bonchev–Trinajstić information content (AvgIpc) is 0.839. The molecule has 0 aliphatic carbocycles. The van der Waals surface area contributed by atoms with Gasteiger partial charge in [0.25, 0.3) is 0 Å². The van der Waals surface area contributed by atoms with E-state index < -0.39 is 239 Å². The van der Waals surface area contributed by atoms with Gasteiger partial charge in [-0.3, -0.25) is 20.0 Å². The van der Waals surface area contributed by atoms with Crippen molar-refractivity contribution < 1.29 is 171 Å². The van der Waals surface area contributed by atoms with Gasteiger partial charge >= 0.3 is 0 Å². The highest BCUT2D eigenvalue weighted by Crippen LogP contribution is 2.32. The zero-order chi connectivity index (χ0) is 78.0. The van der Waals surface area contributed by atoms with E-state index in [4.69, 9.17) is 81.0 Å². The number of likely N-dealkylation sites (N-methyl/N-ethyl adjacent to an activating group) is 1. The van der Waals surface area contributed by atoms with Crippen molar-refractivity contribution in [2.75, 3.05) is 125 Å². The molecule has 5 heterocycles. The number of aliphatic imine (C=N–C) groups is 4. The number of rotatable bonds is 32. The molecule has 42 nitrogen and oxygen atoms in total. The number of hydrogen-bond donors (Lipinski definition) is 31. The molecule has 45 heteroatoms. The molecule has 5 fully saturated rings. The maximum Gasteiger partial charge on any atom is 0.132 e. The third kappa shape index (κ3) is 30.6. The Morgan fingerprint density at radius 1 is 0.412 bits per heavy atom. The Morgan fingerprint density at radius 2 is 0.706 bits per heavy atom. The quantitative estimate of drug-likeness (QED) is 0.0220. The fourth-order valence-electron chi connectivity index (χ4n) is 9.79. The Labute approximate surface area is 601 Å². The Morgan fingerprint density at radius 3 is 1.01 bits per heavy atom. The molecule has 5 rings (SSSR count). The van der Waals surface area contributed by atoms with E-state index in [2.05, 4.69) is 25.3 Å². The first kappa shape index (κ1) is 97.7. The average molecular weight is 1550 g/mol. The molecule has 5 saturated heterocycles. The predicted molar refractivity (Wildman–Crippen MR) is 365 cm³/mol. The summed E-state index contributed by atoms with van der Waals surface area (Å²) >= 11 is 3.55. The van der Waals surface area contributed by atoms with Crippen LogP contribution in [0.15, 0.2) is 20.0 Å². The van der Waals surface area contributed by atoms with Crippen LogP contribution in [0.4, 0.5) is 0 Å². The normalized spacial score (nSPS) is 37.1. The minimum atomic E-state index is -1.54. The molecule has 33 atom stereocenters. The summed E-state index contributed by atoms with van der Waals surface area (Å²) in [7, 11) is 7.63. The van der Waals surface area contributed by atoms with Crippen LogP contribution in [0.1, 0.15) is 6.92 Å². The van der Waals surface area contributed by atoms with Gasteiger partial charge in [-0.2, -0.15) is 0 Å². The SMILES string of the molecule is CN=C(N)CSC1OC(C)C(O)C(O)C1O.CN=C(N)CSC1OC(CO)C(O)C(O)C1O.CN=C(N)CSC1OC(CO)C(O)C(O)C1O.CN=CC(O)C(O)C(COCC1OC(CO)C(O)C(O)C1O)C(O)CO.CNCC(O)C(O)C(COCC1OC(CO)C(O)C(O)C1O)C(O)CO. The summed E-state index contributed by atoms with van der Waals surface area (Å²) in [6, 6.07) is 0. The highest BCUT2D eigenvalue weighted by Gasteiger charge is 2.48. The Hall–Kier alpha value is -2.27. The van der Waals surface area contributed by atoms with Crippen LogP contribution in [-0.2, 0) is 33.2 Å². The molecule has 0 amide bonds. The van der Waals surface area contributed by atoms with Gasteiger partial charge in [-0.05, 0) is 14.0 Å². The van der Waals surface area contributed by atoms with Crippen molar-refractivity contribution in [2.45, 2.75) is 194 Å². The number of hydrogen-bond acceptors (Lipinski definition) is 42. The molecule has 5 aliphatic heterocycles. The first-order chi connectivity index (χ1) is 48.0. The molecular weight excluding hydrogens is 1440 g/mol. The van der Waals surface area contributed by atoms with Crippen LogP contribution in [0.3, 0.4) is 0 Å². The number of aliphatic hydroxyl groups is 27. The lowest BCUT2D eigenvalue weighted by Crippen LogP contribution is -2.59. The van der Waals surface area contributed by atoms with E-state index in [1.54, 1.807) is 35.1 Å². The highest BCUT2D eigenvalue weighted by atomic mass is 32.2. The van der Waals surface area contributed by atoms with Crippen molar-refractivity contribution >= 4 is 59.0 Å². The fraction of sp³-hybridized carbons (Fsp3) is 0.930. The molecular formula is C57H114N8O34S3. The van der Waals surface area contributed by atoms with Gasteiger partial charge in [0.1, 0.15) is 168 Å². The molecule has 34 N–H and O–H groups in total. The molecule has 33 unspecified atom stereocenters. The van der Waals surface area contributed by atoms with Gasteiger partial charge in [-0.15, -0.1) is 35.3 Å². The standard InChI is InChI=1S/C15H31NO10.C15H29NO10.2C9H18N2O5S.C9H18N2O4S/c2*1-16-2-8(19)12(21)7(9(20)3-17)5-25-6-11-14(23)15(24)13(22)10(4-18)26-11;2*1-11-5(10)3-17-9-8(15)7(14)6(13)4(2-12)16-9;1-4-6(12)7(13)8(14)9(15-4)16-3-5(10)11-2/h7-24H,2-6H2,1H3;2,7-15,17-24H,3-6H2,1H3;2*4,6-9,12-15H,2-3H2,1H3,(H2,10,11);4,6-9,12-14H,3H2,1-2H3,(H2,10,11). The maximum absolute atomic E-state index is 10.1. The molecule has 0 saturated carbocycles. The van der Waals surface area contributed by atoms with Gasteiger partial charge in [-0.1, -0.05) is 0 Å². The van der Waals surface area contributed by atoms with Crippen molar-refractivity contribution in [3.8, 4) is 0 Å². The van der Waals surface area contributed by atoms with Gasteiger partial charge in [0.05, 0.1) is 120 Å². The van der Waals surface area contributed by atoms with Gasteiger partial charge in [0, 0.05) is 52.8 Å². The molecule has 102 heavy (non-hydrogen) atoms. The topological polar surface area (TPSA) is 750 Å². The fourth-order valence-corrected chi connectivity index (χ4v) is 12.9. The monoisotopic (exact) mass is 1550 g/mol. The Bertz CT molecular complexity index is 2280. The van der Waals surface area contributed by atoms with Crippen molar-refractivity contribution in [1.82, 2.24) is 5.32 Å². The summed E-state index contributed by atoms with van der Waals surface area (Å²) in [5.41, 5.74) is 14.4. The van der Waals surface area contributed by atoms with Crippen LogP contribution in [-0.4, -0.2) is 474 Å². The van der Waals surface area contributed by atoms with Crippen LogP contribution in [0.5, 0.6) is 0 Å². The second-order valence-electron chi connectivity index (χ2n) is 23.8. The summed E-state index contributed by atoms with van der Waals surface area (Å²) in [5.74, 6) is 0.186. The van der Waals surface area contributed by atoms with E-state index >= 15 is 0 Å². The van der Waals surface area contributed by atoms with E-state index in [0.29, 0.717) is 34.8 Å². The van der Waals surface area contributed by atoms with Gasteiger partial charge in [0.2, 0.25) is 0 Å². The summed E-state index contributed by atoms with van der Waals surface area (Å²) in [5, 5.41) is 261. The number of aliphatic hydroxyl groups excluding tert-OH is 27. The Balaban J connectivity index is 0.000000648. The lowest BCUT2D eigenvalue weighted by molar-refractivity contribution is -0.240. The van der Waals surface area contributed by atoms with Crippen molar-refractivity contribution in [2.24, 2.45) is 49.0 Å². The minimum Gasteiger partial charge on any atom is -0.394 e. The zero-order valence-electron chi connectivity index (χ0n) is 57.2. The van der Waals surface area contributed by atoms with Crippen molar-refractivity contribution in [1.29, 1.82) is 0 Å². The molecule has 0 aromatic carbocycles. The number of ether oxygens (including phenoxy) is 7. The Kier molecular flexibility index (Phi) is 49.0. The summed E-state index contributed by atoms with van der Waals surface area (Å²) < 4.78 is 37.1. The lowest BCUT2D eigenvalue weighted by Gasteiger charge is -2.40. The summed E-state index contributed by atoms with van der Waals surface area (Å²) in [6.45, 7) is -2.79. The molecule has 0 aromatic heterocycles. The van der Waals surface area contributed by atoms with Crippen LogP contribution in [0.25, 0.3) is 0 Å². The van der Waals surface area contributed by atoms with Gasteiger partial charge in [-0.25, -0.2) is 0 Å². The number of amidine groups is 3. The first-order valence-corrected chi connectivity index (χ1v) is 35.1. The smallest absolute Gasteiger partial charge is 0.132 e. The largest absolute Gasteiger partial charge is 0.394 e. The van der Waals surface area contributed by atoms with E-state index in [0.717, 1.165) is 29.7 Å². The van der Waals surface area contributed by atoms with E-state index in [1.165, 1.54) is 18.8 Å². The van der Waals surface area contributed by atoms with Crippen LogP contribution < -0.4 is 22.5 Å². The van der Waals surface area contributed by atoms with E-state index in [1.807, 2.05) is 0 Å². The van der Waals surface area contributed by atoms with Crippen molar-refractivity contribution in [3.63, 3.8) is 0 Å². The first-order valence-electron chi connectivity index (χ1n) is 32.0. The molecule has 5 aliphatic rings. The highest BCUT2D eigenvalue weighted by molar-refractivity contribution is 8.00. The molecule has 0 radical (unpaired) electrons. The molecule has 0 bridgehead atoms. The lowest BCUT2D eigenvalue weighted by atomic mass is 9.93. The number of nitrogens with one attached hydrogen (secondary N) is 1. The minimum absolute atomic E-state index is 0.0581. The van der Waals surface area contributed by atoms with Gasteiger partial charge in [0.15, 0.2) is 0 Å². The third-order valence-corrected chi connectivity index (χ3v) is 20.0. The maximum atomic E-state index is 10.1. The predicted octanol–water partition coefficient (Wildman–Crippen LogP) is -16.5. The number of nitrogens with zero attached hydrogens (tertiary/aromatic N) is 4.